The average Bonchev–Trinajstić information content (AvgIpc) is 3.12. The highest BCUT2D eigenvalue weighted by Gasteiger charge is 2.44. The summed E-state index contributed by atoms with van der Waals surface area (Å²) in [6.45, 7) is 3.20. The molecular formula is C21H24O10. The highest BCUT2D eigenvalue weighted by atomic mass is 16.7. The van der Waals surface area contributed by atoms with Gasteiger partial charge in [0.2, 0.25) is 6.29 Å². The van der Waals surface area contributed by atoms with Crippen molar-refractivity contribution in [3.8, 4) is 5.75 Å². The number of aliphatic hydroxyl groups excluding tert-OH is 1. The van der Waals surface area contributed by atoms with Crippen molar-refractivity contribution in [3.05, 3.63) is 30.0 Å². The molecular weight excluding hydrogens is 412 g/mol. The summed E-state index contributed by atoms with van der Waals surface area (Å²) in [4.78, 5) is 34.5. The zero-order valence-electron chi connectivity index (χ0n) is 17.4. The molecule has 1 N–H and O–H groups in total. The number of carbonyl (C=O) groups is 3. The van der Waals surface area contributed by atoms with E-state index < -0.39 is 42.5 Å². The molecule has 1 aliphatic rings. The summed E-state index contributed by atoms with van der Waals surface area (Å²) in [7, 11) is 0. The first-order chi connectivity index (χ1) is 14.8. The van der Waals surface area contributed by atoms with Gasteiger partial charge in [-0.1, -0.05) is 6.07 Å². The molecule has 0 aliphatic carbocycles. The average molecular weight is 436 g/mol. The van der Waals surface area contributed by atoms with E-state index >= 15 is 0 Å². The quantitative estimate of drug-likeness (QED) is 0.507. The van der Waals surface area contributed by atoms with Crippen LogP contribution in [-0.2, 0) is 39.9 Å². The predicted octanol–water partition coefficient (Wildman–Crippen LogP) is 1.85. The van der Waals surface area contributed by atoms with Crippen molar-refractivity contribution in [1.29, 1.82) is 0 Å². The van der Waals surface area contributed by atoms with Crippen LogP contribution in [0.1, 0.15) is 33.0 Å². The maximum atomic E-state index is 11.6. The molecule has 0 bridgehead atoms. The molecule has 1 aromatic carbocycles. The molecule has 1 aromatic heterocycles. The molecule has 31 heavy (non-hydrogen) atoms. The number of aliphatic hydroxyl groups is 1. The van der Waals surface area contributed by atoms with Gasteiger partial charge in [-0.05, 0) is 18.2 Å². The van der Waals surface area contributed by atoms with Gasteiger partial charge in [-0.15, -0.1) is 0 Å². The minimum Gasteiger partial charge on any atom is -0.464 e. The molecule has 1 saturated heterocycles. The molecule has 2 heterocycles. The summed E-state index contributed by atoms with van der Waals surface area (Å²) in [5.41, 5.74) is 0.517. The molecule has 4 atom stereocenters. The van der Waals surface area contributed by atoms with Gasteiger partial charge in [0.25, 0.3) is 0 Å². The molecule has 3 rings (SSSR count). The van der Waals surface area contributed by atoms with Gasteiger partial charge in [-0.3, -0.25) is 14.4 Å². The lowest BCUT2D eigenvalue weighted by molar-refractivity contribution is -0.245. The second-order valence-electron chi connectivity index (χ2n) is 7.02. The first-order valence-corrected chi connectivity index (χ1v) is 9.69. The molecule has 0 amide bonds. The Balaban J connectivity index is 1.86. The van der Waals surface area contributed by atoms with Crippen LogP contribution in [0.25, 0.3) is 11.0 Å². The second-order valence-corrected chi connectivity index (χ2v) is 7.02. The van der Waals surface area contributed by atoms with Gasteiger partial charge < -0.3 is 33.2 Å². The fourth-order valence-corrected chi connectivity index (χ4v) is 3.38. The monoisotopic (exact) mass is 436 g/mol. The van der Waals surface area contributed by atoms with Crippen LogP contribution in [0, 0.1) is 0 Å². The van der Waals surface area contributed by atoms with E-state index in [9.17, 15) is 19.5 Å². The predicted molar refractivity (Wildman–Crippen MR) is 104 cm³/mol. The molecule has 10 heteroatoms. The van der Waals surface area contributed by atoms with E-state index in [0.717, 1.165) is 0 Å². The number of rotatable bonds is 7. The van der Waals surface area contributed by atoms with E-state index in [4.69, 9.17) is 28.1 Å². The number of hydrogen-bond acceptors (Lipinski definition) is 10. The summed E-state index contributed by atoms with van der Waals surface area (Å²) in [6, 6.07) is 6.79. The maximum absolute atomic E-state index is 11.6. The molecule has 10 nitrogen and oxygen atoms in total. The second kappa shape index (κ2) is 9.80. The smallest absolute Gasteiger partial charge is 0.303 e. The van der Waals surface area contributed by atoms with Gasteiger partial charge in [-0.25, -0.2) is 0 Å². The number of carbonyl (C=O) groups excluding carboxylic acids is 3. The van der Waals surface area contributed by atoms with Crippen molar-refractivity contribution in [2.45, 2.75) is 58.4 Å². The van der Waals surface area contributed by atoms with Crippen molar-refractivity contribution in [1.82, 2.24) is 0 Å². The van der Waals surface area contributed by atoms with Gasteiger partial charge in [0.1, 0.15) is 42.5 Å². The van der Waals surface area contributed by atoms with Gasteiger partial charge in [-0.2, -0.15) is 0 Å². The lowest BCUT2D eigenvalue weighted by Gasteiger charge is -2.39. The SMILES string of the molecule is CC(=O)OC[C@H]1O[C@@H](Oc2cccc3oc(CO)cc23)C[C@@H](OC(C)=O)[C@H]1OC(C)=O. The van der Waals surface area contributed by atoms with Crippen molar-refractivity contribution in [2.75, 3.05) is 6.61 Å². The summed E-state index contributed by atoms with van der Waals surface area (Å²) in [6.07, 6.45) is -3.62. The van der Waals surface area contributed by atoms with Crippen molar-refractivity contribution >= 4 is 28.9 Å². The van der Waals surface area contributed by atoms with Gasteiger partial charge in [0.15, 0.2) is 6.10 Å². The number of hydrogen-bond donors (Lipinski definition) is 1. The third-order valence-electron chi connectivity index (χ3n) is 4.54. The summed E-state index contributed by atoms with van der Waals surface area (Å²) in [5, 5.41) is 9.94. The van der Waals surface area contributed by atoms with Crippen LogP contribution in [0.15, 0.2) is 28.7 Å². The van der Waals surface area contributed by atoms with E-state index in [2.05, 4.69) is 0 Å². The van der Waals surface area contributed by atoms with Crippen LogP contribution in [0.4, 0.5) is 0 Å². The van der Waals surface area contributed by atoms with Crippen molar-refractivity contribution in [2.24, 2.45) is 0 Å². The van der Waals surface area contributed by atoms with E-state index in [-0.39, 0.29) is 19.6 Å². The van der Waals surface area contributed by atoms with Crippen LogP contribution in [-0.4, -0.2) is 54.2 Å². The molecule has 168 valence electrons. The molecule has 1 fully saturated rings. The minimum absolute atomic E-state index is 0.0647. The number of fused-ring (bicyclic) bond motifs is 1. The Morgan fingerprint density at radius 3 is 2.48 bits per heavy atom. The molecule has 1 aliphatic heterocycles. The maximum Gasteiger partial charge on any atom is 0.303 e. The van der Waals surface area contributed by atoms with Crippen molar-refractivity contribution < 1.29 is 47.6 Å². The molecule has 0 spiro atoms. The third kappa shape index (κ3) is 5.74. The van der Waals surface area contributed by atoms with Gasteiger partial charge in [0, 0.05) is 20.8 Å². The van der Waals surface area contributed by atoms with Crippen molar-refractivity contribution in [3.63, 3.8) is 0 Å². The molecule has 0 unspecified atom stereocenters. The Labute approximate surface area is 177 Å². The number of furan rings is 1. The Hall–Kier alpha value is -3.11. The number of ether oxygens (including phenoxy) is 5. The largest absolute Gasteiger partial charge is 0.464 e. The first kappa shape index (κ1) is 22.6. The van der Waals surface area contributed by atoms with E-state index in [1.54, 1.807) is 24.3 Å². The van der Waals surface area contributed by atoms with Crippen LogP contribution in [0.5, 0.6) is 5.75 Å². The minimum atomic E-state index is -0.980. The summed E-state index contributed by atoms with van der Waals surface area (Å²) >= 11 is 0. The van der Waals surface area contributed by atoms with Crippen LogP contribution in [0.3, 0.4) is 0 Å². The summed E-state index contributed by atoms with van der Waals surface area (Å²) in [5.74, 6) is -0.922. The normalized spacial score (nSPS) is 23.2. The highest BCUT2D eigenvalue weighted by Crippen LogP contribution is 2.33. The van der Waals surface area contributed by atoms with E-state index in [1.165, 1.54) is 20.8 Å². The summed E-state index contributed by atoms with van der Waals surface area (Å²) < 4.78 is 33.1. The Morgan fingerprint density at radius 1 is 1.10 bits per heavy atom. The Morgan fingerprint density at radius 2 is 1.84 bits per heavy atom. The van der Waals surface area contributed by atoms with Crippen LogP contribution >= 0.6 is 0 Å². The fourth-order valence-electron chi connectivity index (χ4n) is 3.38. The number of esters is 3. The topological polar surface area (TPSA) is 131 Å². The first-order valence-electron chi connectivity index (χ1n) is 9.69. The van der Waals surface area contributed by atoms with Gasteiger partial charge in [0.05, 0.1) is 11.8 Å². The fraction of sp³-hybridized carbons (Fsp3) is 0.476. The molecule has 0 radical (unpaired) electrons. The van der Waals surface area contributed by atoms with Crippen LogP contribution < -0.4 is 4.74 Å². The third-order valence-corrected chi connectivity index (χ3v) is 4.54. The lowest BCUT2D eigenvalue weighted by Crippen LogP contribution is -2.54. The Kier molecular flexibility index (Phi) is 7.13. The standard InChI is InChI=1S/C21H24O10/c1-11(23)26-10-19-21(28-13(3)25)18(27-12(2)24)8-20(31-19)30-17-6-4-5-16-15(17)7-14(9-22)29-16/h4-7,18-22H,8-10H2,1-3H3/t18-,19-,20-,21-/m1/s1. The zero-order valence-corrected chi connectivity index (χ0v) is 17.4. The molecule has 2 aromatic rings. The van der Waals surface area contributed by atoms with Crippen LogP contribution in [0.2, 0.25) is 0 Å². The lowest BCUT2D eigenvalue weighted by atomic mass is 10.0. The van der Waals surface area contributed by atoms with Gasteiger partial charge >= 0.3 is 17.9 Å². The molecule has 0 saturated carbocycles. The Bertz CT molecular complexity index is 949. The van der Waals surface area contributed by atoms with E-state index in [0.29, 0.717) is 22.5 Å². The van der Waals surface area contributed by atoms with E-state index in [1.807, 2.05) is 0 Å². The zero-order chi connectivity index (χ0) is 22.5. The number of benzene rings is 1. The highest BCUT2D eigenvalue weighted by molar-refractivity contribution is 5.84.